The van der Waals surface area contributed by atoms with Crippen LogP contribution in [-0.4, -0.2) is 29.1 Å². The molecule has 1 saturated heterocycles. The minimum atomic E-state index is 0.0554. The van der Waals surface area contributed by atoms with Crippen LogP contribution >= 0.6 is 0 Å². The van der Waals surface area contributed by atoms with Crippen LogP contribution in [-0.2, 0) is 11.3 Å². The first-order valence-corrected chi connectivity index (χ1v) is 4.60. The third kappa shape index (κ3) is 2.08. The average Bonchev–Trinajstić information content (AvgIpc) is 2.87. The summed E-state index contributed by atoms with van der Waals surface area (Å²) in [5.41, 5.74) is 0. The van der Waals surface area contributed by atoms with Crippen LogP contribution in [0.5, 0.6) is 0 Å². The van der Waals surface area contributed by atoms with Gasteiger partial charge in [-0.25, -0.2) is 0 Å². The van der Waals surface area contributed by atoms with E-state index < -0.39 is 0 Å². The minimum Gasteiger partial charge on any atom is -0.348 e. The number of aromatic nitrogens is 2. The van der Waals surface area contributed by atoms with E-state index in [4.69, 9.17) is 0 Å². The van der Waals surface area contributed by atoms with Gasteiger partial charge >= 0.3 is 0 Å². The van der Waals surface area contributed by atoms with Gasteiger partial charge in [0, 0.05) is 6.54 Å². The Morgan fingerprint density at radius 3 is 3.36 bits per heavy atom. The molecule has 0 radical (unpaired) electrons. The molecule has 1 amide bonds. The van der Waals surface area contributed by atoms with Crippen LogP contribution in [0.1, 0.15) is 12.2 Å². The quantitative estimate of drug-likeness (QED) is 0.668. The van der Waals surface area contributed by atoms with Crippen LogP contribution in [0.2, 0.25) is 0 Å². The molecule has 6 nitrogen and oxygen atoms in total. The predicted octanol–water partition coefficient (Wildman–Crippen LogP) is -0.705. The molecule has 2 heterocycles. The number of rotatable bonds is 3. The lowest BCUT2D eigenvalue weighted by Crippen LogP contribution is -2.31. The van der Waals surface area contributed by atoms with Gasteiger partial charge in [-0.05, 0) is 13.0 Å². The number of amides is 1. The van der Waals surface area contributed by atoms with Gasteiger partial charge in [0.1, 0.15) is 0 Å². The van der Waals surface area contributed by atoms with E-state index in [1.807, 2.05) is 0 Å². The van der Waals surface area contributed by atoms with Gasteiger partial charge in [-0.2, -0.15) is 4.98 Å². The summed E-state index contributed by atoms with van der Waals surface area (Å²) in [6.45, 7) is 2.02. The molecule has 1 fully saturated rings. The van der Waals surface area contributed by atoms with Crippen LogP contribution in [0.25, 0.3) is 0 Å². The molecule has 0 aliphatic carbocycles. The second kappa shape index (κ2) is 4.19. The molecule has 1 atom stereocenters. The summed E-state index contributed by atoms with van der Waals surface area (Å²) < 4.78 is 4.55. The first-order chi connectivity index (χ1) is 6.86. The van der Waals surface area contributed by atoms with E-state index in [1.54, 1.807) is 0 Å². The normalized spacial score (nSPS) is 21.0. The average molecular weight is 196 g/mol. The van der Waals surface area contributed by atoms with Crippen LogP contribution in [0, 0.1) is 5.92 Å². The molecule has 0 spiro atoms. The molecule has 1 aliphatic rings. The summed E-state index contributed by atoms with van der Waals surface area (Å²) in [5, 5.41) is 9.50. The Morgan fingerprint density at radius 1 is 1.79 bits per heavy atom. The lowest BCUT2D eigenvalue weighted by Gasteiger charge is -2.07. The first-order valence-electron chi connectivity index (χ1n) is 4.60. The zero-order valence-corrected chi connectivity index (χ0v) is 7.69. The van der Waals surface area contributed by atoms with Crippen molar-refractivity contribution < 1.29 is 9.32 Å². The first kappa shape index (κ1) is 9.14. The molecule has 1 aliphatic heterocycles. The monoisotopic (exact) mass is 196 g/mol. The molecule has 1 aromatic rings. The molecule has 1 unspecified atom stereocenters. The van der Waals surface area contributed by atoms with E-state index in [1.165, 1.54) is 6.39 Å². The molecule has 14 heavy (non-hydrogen) atoms. The Bertz CT molecular complexity index is 292. The topological polar surface area (TPSA) is 80.1 Å². The number of hydrogen-bond donors (Lipinski definition) is 2. The minimum absolute atomic E-state index is 0.0554. The predicted molar refractivity (Wildman–Crippen MR) is 47.1 cm³/mol. The molecule has 1 aromatic heterocycles. The van der Waals surface area contributed by atoms with Crippen LogP contribution in [0.3, 0.4) is 0 Å². The van der Waals surface area contributed by atoms with Crippen molar-refractivity contribution >= 4 is 5.91 Å². The Hall–Kier alpha value is -1.43. The highest BCUT2D eigenvalue weighted by atomic mass is 16.5. The maximum Gasteiger partial charge on any atom is 0.224 e. The fourth-order valence-electron chi connectivity index (χ4n) is 1.46. The van der Waals surface area contributed by atoms with Crippen molar-refractivity contribution in [2.24, 2.45) is 5.92 Å². The molecular weight excluding hydrogens is 184 g/mol. The van der Waals surface area contributed by atoms with Gasteiger partial charge in [0.05, 0.1) is 12.5 Å². The summed E-state index contributed by atoms with van der Waals surface area (Å²) in [6, 6.07) is 0. The van der Waals surface area contributed by atoms with Crippen LogP contribution < -0.4 is 10.6 Å². The van der Waals surface area contributed by atoms with Crippen molar-refractivity contribution in [3.63, 3.8) is 0 Å². The summed E-state index contributed by atoms with van der Waals surface area (Å²) in [5.74, 6) is 0.644. The highest BCUT2D eigenvalue weighted by Crippen LogP contribution is 2.06. The number of nitrogens with zero attached hydrogens (tertiary/aromatic N) is 2. The fraction of sp³-hybridized carbons (Fsp3) is 0.625. The van der Waals surface area contributed by atoms with E-state index in [0.717, 1.165) is 19.5 Å². The Kier molecular flexibility index (Phi) is 2.73. The largest absolute Gasteiger partial charge is 0.348 e. The third-order valence-corrected chi connectivity index (χ3v) is 2.26. The molecule has 2 rings (SSSR count). The molecular formula is C8H12N4O2. The standard InChI is InChI=1S/C8H12N4O2/c13-8(6-1-2-9-3-6)10-4-7-11-5-14-12-7/h5-6,9H,1-4H2,(H,10,13). The van der Waals surface area contributed by atoms with Crippen LogP contribution in [0.4, 0.5) is 0 Å². The lowest BCUT2D eigenvalue weighted by molar-refractivity contribution is -0.124. The van der Waals surface area contributed by atoms with Gasteiger partial charge in [-0.15, -0.1) is 0 Å². The molecule has 2 N–H and O–H groups in total. The molecule has 6 heteroatoms. The van der Waals surface area contributed by atoms with Crippen molar-refractivity contribution in [3.8, 4) is 0 Å². The van der Waals surface area contributed by atoms with Gasteiger partial charge in [0.15, 0.2) is 5.82 Å². The second-order valence-corrected chi connectivity index (χ2v) is 3.25. The lowest BCUT2D eigenvalue weighted by atomic mass is 10.1. The zero-order chi connectivity index (χ0) is 9.80. The smallest absolute Gasteiger partial charge is 0.224 e. The summed E-state index contributed by atoms with van der Waals surface area (Å²) in [7, 11) is 0. The Labute approximate surface area is 81.1 Å². The Morgan fingerprint density at radius 2 is 2.71 bits per heavy atom. The highest BCUT2D eigenvalue weighted by Gasteiger charge is 2.22. The van der Waals surface area contributed by atoms with Crippen molar-refractivity contribution in [1.82, 2.24) is 20.8 Å². The molecule has 0 saturated carbocycles. The van der Waals surface area contributed by atoms with Gasteiger partial charge in [0.25, 0.3) is 0 Å². The van der Waals surface area contributed by atoms with Crippen molar-refractivity contribution in [2.45, 2.75) is 13.0 Å². The number of hydrogen-bond acceptors (Lipinski definition) is 5. The SMILES string of the molecule is O=C(NCc1ncon1)C1CCNC1. The Balaban J connectivity index is 1.77. The summed E-state index contributed by atoms with van der Waals surface area (Å²) in [6.07, 6.45) is 2.15. The number of carbonyl (C=O) groups excluding carboxylic acids is 1. The van der Waals surface area contributed by atoms with E-state index in [0.29, 0.717) is 12.4 Å². The third-order valence-electron chi connectivity index (χ3n) is 2.26. The van der Waals surface area contributed by atoms with Crippen molar-refractivity contribution in [2.75, 3.05) is 13.1 Å². The van der Waals surface area contributed by atoms with Crippen molar-refractivity contribution in [3.05, 3.63) is 12.2 Å². The summed E-state index contributed by atoms with van der Waals surface area (Å²) >= 11 is 0. The van der Waals surface area contributed by atoms with Gasteiger partial charge in [-0.3, -0.25) is 4.79 Å². The van der Waals surface area contributed by atoms with E-state index in [9.17, 15) is 4.79 Å². The van der Waals surface area contributed by atoms with Gasteiger partial charge < -0.3 is 15.2 Å². The molecule has 0 aromatic carbocycles. The highest BCUT2D eigenvalue weighted by molar-refractivity contribution is 5.79. The second-order valence-electron chi connectivity index (χ2n) is 3.25. The maximum absolute atomic E-state index is 11.5. The van der Waals surface area contributed by atoms with E-state index in [-0.39, 0.29) is 11.8 Å². The number of nitrogens with one attached hydrogen (secondary N) is 2. The van der Waals surface area contributed by atoms with Gasteiger partial charge in [-0.1, -0.05) is 5.16 Å². The zero-order valence-electron chi connectivity index (χ0n) is 7.69. The van der Waals surface area contributed by atoms with Crippen LogP contribution in [0.15, 0.2) is 10.9 Å². The van der Waals surface area contributed by atoms with E-state index in [2.05, 4.69) is 25.3 Å². The maximum atomic E-state index is 11.5. The fourth-order valence-corrected chi connectivity index (χ4v) is 1.46. The molecule has 76 valence electrons. The van der Waals surface area contributed by atoms with Crippen molar-refractivity contribution in [1.29, 1.82) is 0 Å². The van der Waals surface area contributed by atoms with Gasteiger partial charge in [0.2, 0.25) is 12.3 Å². The van der Waals surface area contributed by atoms with E-state index >= 15 is 0 Å². The number of carbonyl (C=O) groups is 1. The molecule has 0 bridgehead atoms. The summed E-state index contributed by atoms with van der Waals surface area (Å²) in [4.78, 5) is 15.3.